The van der Waals surface area contributed by atoms with Gasteiger partial charge in [0, 0.05) is 10.6 Å². The van der Waals surface area contributed by atoms with Crippen molar-refractivity contribution in [1.82, 2.24) is 0 Å². The lowest BCUT2D eigenvalue weighted by molar-refractivity contribution is 0.102. The van der Waals surface area contributed by atoms with E-state index in [1.165, 1.54) is 12.1 Å². The van der Waals surface area contributed by atoms with E-state index in [1.54, 1.807) is 0 Å². The summed E-state index contributed by atoms with van der Waals surface area (Å²) in [7, 11) is 0. The number of hydrogen-bond donors (Lipinski definition) is 2. The standard InChI is InChI=1S/C16H15Cl2NO2/c1-8-4-9(2)14(10(3)5-8)16(21)19-13-7-11(17)6-12(18)15(13)20/h4-7,20H,1-3H3,(H,19,21). The van der Waals surface area contributed by atoms with Gasteiger partial charge in [-0.3, -0.25) is 4.79 Å². The van der Waals surface area contributed by atoms with Gasteiger partial charge in [0.15, 0.2) is 5.75 Å². The SMILES string of the molecule is Cc1cc(C)c(C(=O)Nc2cc(Cl)cc(Cl)c2O)c(C)c1. The van der Waals surface area contributed by atoms with Gasteiger partial charge in [0.05, 0.1) is 10.7 Å². The van der Waals surface area contributed by atoms with Gasteiger partial charge in [0.1, 0.15) is 0 Å². The Morgan fingerprint density at radius 1 is 1.05 bits per heavy atom. The second kappa shape index (κ2) is 5.96. The summed E-state index contributed by atoms with van der Waals surface area (Å²) in [5.74, 6) is -0.504. The van der Waals surface area contributed by atoms with Crippen molar-refractivity contribution >= 4 is 34.8 Å². The van der Waals surface area contributed by atoms with E-state index in [1.807, 2.05) is 32.9 Å². The summed E-state index contributed by atoms with van der Waals surface area (Å²) in [6.07, 6.45) is 0. The van der Waals surface area contributed by atoms with E-state index in [4.69, 9.17) is 23.2 Å². The molecule has 0 atom stereocenters. The molecular formula is C16H15Cl2NO2. The molecule has 0 fully saturated rings. The van der Waals surface area contributed by atoms with Crippen LogP contribution in [0.1, 0.15) is 27.0 Å². The second-order valence-electron chi connectivity index (χ2n) is 5.01. The van der Waals surface area contributed by atoms with Crippen molar-refractivity contribution in [3.05, 3.63) is 56.6 Å². The molecule has 0 aliphatic carbocycles. The molecule has 0 saturated carbocycles. The molecule has 3 nitrogen and oxygen atoms in total. The number of carbonyl (C=O) groups excluding carboxylic acids is 1. The first-order valence-electron chi connectivity index (χ1n) is 6.37. The summed E-state index contributed by atoms with van der Waals surface area (Å²) in [6.45, 7) is 5.73. The van der Waals surface area contributed by atoms with Crippen LogP contribution in [0.5, 0.6) is 5.75 Å². The number of amides is 1. The number of benzene rings is 2. The number of halogens is 2. The molecule has 0 radical (unpaired) electrons. The van der Waals surface area contributed by atoms with Crippen LogP contribution in [0.4, 0.5) is 5.69 Å². The summed E-state index contributed by atoms with van der Waals surface area (Å²) < 4.78 is 0. The fourth-order valence-corrected chi connectivity index (χ4v) is 2.88. The van der Waals surface area contributed by atoms with E-state index >= 15 is 0 Å². The van der Waals surface area contributed by atoms with Crippen LogP contribution in [0.2, 0.25) is 10.0 Å². The quantitative estimate of drug-likeness (QED) is 0.774. The van der Waals surface area contributed by atoms with Crippen LogP contribution in [0.15, 0.2) is 24.3 Å². The van der Waals surface area contributed by atoms with Crippen molar-refractivity contribution in [2.75, 3.05) is 5.32 Å². The van der Waals surface area contributed by atoms with E-state index in [0.29, 0.717) is 10.6 Å². The normalized spacial score (nSPS) is 10.5. The van der Waals surface area contributed by atoms with Gasteiger partial charge >= 0.3 is 0 Å². The largest absolute Gasteiger partial charge is 0.504 e. The van der Waals surface area contributed by atoms with Crippen molar-refractivity contribution in [1.29, 1.82) is 0 Å². The van der Waals surface area contributed by atoms with Gasteiger partial charge in [-0.05, 0) is 44.0 Å². The van der Waals surface area contributed by atoms with Gasteiger partial charge in [0.25, 0.3) is 5.91 Å². The Morgan fingerprint density at radius 3 is 2.19 bits per heavy atom. The first kappa shape index (κ1) is 15.7. The molecule has 0 unspecified atom stereocenters. The van der Waals surface area contributed by atoms with E-state index < -0.39 is 0 Å². The van der Waals surface area contributed by atoms with Gasteiger partial charge in [0.2, 0.25) is 0 Å². The minimum Gasteiger partial charge on any atom is -0.504 e. The lowest BCUT2D eigenvalue weighted by Crippen LogP contribution is -2.15. The highest BCUT2D eigenvalue weighted by atomic mass is 35.5. The van der Waals surface area contributed by atoms with Crippen molar-refractivity contribution < 1.29 is 9.90 Å². The Morgan fingerprint density at radius 2 is 1.62 bits per heavy atom. The summed E-state index contributed by atoms with van der Waals surface area (Å²) in [5, 5.41) is 13.0. The molecule has 2 N–H and O–H groups in total. The second-order valence-corrected chi connectivity index (χ2v) is 5.86. The van der Waals surface area contributed by atoms with Crippen LogP contribution < -0.4 is 5.32 Å². The molecule has 0 saturated heterocycles. The maximum atomic E-state index is 12.4. The Kier molecular flexibility index (Phi) is 4.45. The van der Waals surface area contributed by atoms with Gasteiger partial charge in [-0.25, -0.2) is 0 Å². The predicted molar refractivity (Wildman–Crippen MR) is 86.7 cm³/mol. The Balaban J connectivity index is 2.40. The third-order valence-corrected chi connectivity index (χ3v) is 3.69. The molecule has 21 heavy (non-hydrogen) atoms. The molecule has 1 amide bonds. The van der Waals surface area contributed by atoms with Crippen molar-refractivity contribution in [3.63, 3.8) is 0 Å². The number of aromatic hydroxyl groups is 1. The van der Waals surface area contributed by atoms with Crippen LogP contribution in [0.25, 0.3) is 0 Å². The van der Waals surface area contributed by atoms with Gasteiger partial charge in [-0.2, -0.15) is 0 Å². The van der Waals surface area contributed by atoms with Gasteiger partial charge < -0.3 is 10.4 Å². The summed E-state index contributed by atoms with van der Waals surface area (Å²) in [4.78, 5) is 12.4. The minimum atomic E-state index is -0.307. The first-order valence-corrected chi connectivity index (χ1v) is 7.12. The van der Waals surface area contributed by atoms with Gasteiger partial charge in [-0.1, -0.05) is 40.9 Å². The molecule has 2 aromatic rings. The van der Waals surface area contributed by atoms with Crippen LogP contribution in [0.3, 0.4) is 0 Å². The molecule has 0 aliphatic rings. The summed E-state index contributed by atoms with van der Waals surface area (Å²) in [5.41, 5.74) is 3.61. The van der Waals surface area contributed by atoms with Crippen molar-refractivity contribution in [3.8, 4) is 5.75 Å². The first-order chi connectivity index (χ1) is 9.79. The van der Waals surface area contributed by atoms with Crippen LogP contribution in [-0.2, 0) is 0 Å². The fourth-order valence-electron chi connectivity index (χ4n) is 2.38. The number of rotatable bonds is 2. The Labute approximate surface area is 133 Å². The highest BCUT2D eigenvalue weighted by Gasteiger charge is 2.16. The molecule has 0 aromatic heterocycles. The van der Waals surface area contributed by atoms with Gasteiger partial charge in [-0.15, -0.1) is 0 Å². The van der Waals surface area contributed by atoms with E-state index in [0.717, 1.165) is 16.7 Å². The number of nitrogens with one attached hydrogen (secondary N) is 1. The zero-order valence-electron chi connectivity index (χ0n) is 11.9. The number of phenolic OH excluding ortho intramolecular Hbond substituents is 1. The molecule has 2 aromatic carbocycles. The smallest absolute Gasteiger partial charge is 0.256 e. The summed E-state index contributed by atoms with van der Waals surface area (Å²) >= 11 is 11.7. The predicted octanol–water partition coefficient (Wildman–Crippen LogP) is 4.88. The average molecular weight is 324 g/mol. The highest BCUT2D eigenvalue weighted by Crippen LogP contribution is 2.35. The lowest BCUT2D eigenvalue weighted by Gasteiger charge is -2.13. The molecule has 0 bridgehead atoms. The average Bonchev–Trinajstić information content (AvgIpc) is 2.33. The number of phenols is 1. The maximum absolute atomic E-state index is 12.4. The minimum absolute atomic E-state index is 0.0927. The molecular weight excluding hydrogens is 309 g/mol. The number of anilines is 1. The Hall–Kier alpha value is -1.71. The monoisotopic (exact) mass is 323 g/mol. The van der Waals surface area contributed by atoms with Crippen molar-refractivity contribution in [2.45, 2.75) is 20.8 Å². The zero-order valence-corrected chi connectivity index (χ0v) is 13.4. The molecule has 0 heterocycles. The molecule has 2 rings (SSSR count). The fraction of sp³-hybridized carbons (Fsp3) is 0.188. The van der Waals surface area contributed by atoms with Crippen LogP contribution >= 0.6 is 23.2 Å². The van der Waals surface area contributed by atoms with Crippen LogP contribution in [0, 0.1) is 20.8 Å². The van der Waals surface area contributed by atoms with E-state index in [-0.39, 0.29) is 22.4 Å². The third-order valence-electron chi connectivity index (χ3n) is 3.18. The van der Waals surface area contributed by atoms with Crippen molar-refractivity contribution in [2.24, 2.45) is 0 Å². The number of hydrogen-bond acceptors (Lipinski definition) is 2. The topological polar surface area (TPSA) is 49.3 Å². The van der Waals surface area contributed by atoms with Crippen LogP contribution in [-0.4, -0.2) is 11.0 Å². The summed E-state index contributed by atoms with van der Waals surface area (Å²) in [6, 6.07) is 6.75. The Bertz CT molecular complexity index is 703. The molecule has 0 spiro atoms. The number of carbonyl (C=O) groups is 1. The van der Waals surface area contributed by atoms with E-state index in [2.05, 4.69) is 5.32 Å². The highest BCUT2D eigenvalue weighted by molar-refractivity contribution is 6.36. The zero-order chi connectivity index (χ0) is 15.7. The third kappa shape index (κ3) is 3.31. The molecule has 110 valence electrons. The molecule has 5 heteroatoms. The van der Waals surface area contributed by atoms with E-state index in [9.17, 15) is 9.90 Å². The maximum Gasteiger partial charge on any atom is 0.256 e. The number of aryl methyl sites for hydroxylation is 3. The lowest BCUT2D eigenvalue weighted by atomic mass is 9.99. The molecule has 0 aliphatic heterocycles.